The highest BCUT2D eigenvalue weighted by Crippen LogP contribution is 2.21. The molecular weight excluding hydrogens is 314 g/mol. The molecule has 0 bridgehead atoms. The first-order valence-corrected chi connectivity index (χ1v) is 7.71. The van der Waals surface area contributed by atoms with Crippen molar-refractivity contribution < 1.29 is 14.6 Å². The van der Waals surface area contributed by atoms with E-state index in [0.717, 1.165) is 16.9 Å². The summed E-state index contributed by atoms with van der Waals surface area (Å²) in [5.74, 6) is 0.513. The molecule has 2 aromatic rings. The Morgan fingerprint density at radius 1 is 1.26 bits per heavy atom. The van der Waals surface area contributed by atoms with E-state index in [9.17, 15) is 9.90 Å². The van der Waals surface area contributed by atoms with Crippen LogP contribution in [-0.4, -0.2) is 18.1 Å². The van der Waals surface area contributed by atoms with Crippen molar-refractivity contribution in [2.75, 3.05) is 7.11 Å². The van der Waals surface area contributed by atoms with Crippen LogP contribution in [0.25, 0.3) is 0 Å². The third-order valence-electron chi connectivity index (χ3n) is 3.55. The molecule has 1 unspecified atom stereocenters. The summed E-state index contributed by atoms with van der Waals surface area (Å²) in [5, 5.41) is 13.5. The van der Waals surface area contributed by atoms with E-state index in [-0.39, 0.29) is 12.3 Å². The van der Waals surface area contributed by atoms with E-state index in [2.05, 4.69) is 5.32 Å². The van der Waals surface area contributed by atoms with Crippen molar-refractivity contribution in [3.05, 3.63) is 64.2 Å². The van der Waals surface area contributed by atoms with Gasteiger partial charge in [0.05, 0.1) is 19.6 Å². The first kappa shape index (κ1) is 17.3. The summed E-state index contributed by atoms with van der Waals surface area (Å²) in [6.07, 6.45) is -0.859. The lowest BCUT2D eigenvalue weighted by molar-refractivity contribution is -0.123. The number of rotatable bonds is 6. The lowest BCUT2D eigenvalue weighted by atomic mass is 10.1. The molecule has 0 heterocycles. The van der Waals surface area contributed by atoms with Gasteiger partial charge >= 0.3 is 0 Å². The Kier molecular flexibility index (Phi) is 6.02. The number of hydrogen-bond acceptors (Lipinski definition) is 3. The van der Waals surface area contributed by atoms with Crippen LogP contribution in [0.3, 0.4) is 0 Å². The third-order valence-corrected chi connectivity index (χ3v) is 3.80. The maximum atomic E-state index is 12.0. The molecule has 0 saturated carbocycles. The van der Waals surface area contributed by atoms with E-state index in [1.54, 1.807) is 31.4 Å². The average molecular weight is 334 g/mol. The second kappa shape index (κ2) is 7.99. The van der Waals surface area contributed by atoms with Crippen LogP contribution in [0.5, 0.6) is 5.75 Å². The Labute approximate surface area is 141 Å². The minimum Gasteiger partial charge on any atom is -0.496 e. The van der Waals surface area contributed by atoms with Crippen molar-refractivity contribution in [2.45, 2.75) is 26.0 Å². The van der Waals surface area contributed by atoms with Crippen LogP contribution >= 0.6 is 11.6 Å². The fraction of sp³-hybridized carbons (Fsp3) is 0.278. The summed E-state index contributed by atoms with van der Waals surface area (Å²) >= 11 is 5.81. The zero-order valence-corrected chi connectivity index (χ0v) is 13.9. The number of hydrogen-bond donors (Lipinski definition) is 2. The van der Waals surface area contributed by atoms with Gasteiger partial charge in [0, 0.05) is 17.1 Å². The summed E-state index contributed by atoms with van der Waals surface area (Å²) in [6.45, 7) is 2.34. The molecule has 0 aliphatic heterocycles. The summed E-state index contributed by atoms with van der Waals surface area (Å²) in [6, 6.07) is 12.6. The molecule has 2 rings (SSSR count). The predicted molar refractivity (Wildman–Crippen MR) is 90.6 cm³/mol. The van der Waals surface area contributed by atoms with Crippen molar-refractivity contribution >= 4 is 17.5 Å². The van der Waals surface area contributed by atoms with Crippen molar-refractivity contribution in [1.82, 2.24) is 5.32 Å². The Bertz CT molecular complexity index is 670. The second-order valence-corrected chi connectivity index (χ2v) is 5.80. The maximum absolute atomic E-state index is 12.0. The molecule has 2 aromatic carbocycles. The van der Waals surface area contributed by atoms with Gasteiger partial charge in [-0.1, -0.05) is 35.9 Å². The van der Waals surface area contributed by atoms with Crippen LogP contribution in [0, 0.1) is 6.92 Å². The van der Waals surface area contributed by atoms with Crippen LogP contribution in [0.4, 0.5) is 0 Å². The van der Waals surface area contributed by atoms with E-state index in [1.807, 2.05) is 25.1 Å². The number of benzene rings is 2. The minimum absolute atomic E-state index is 0.00416. The number of aliphatic hydroxyl groups is 1. The smallest absolute Gasteiger partial charge is 0.223 e. The summed E-state index contributed by atoms with van der Waals surface area (Å²) in [4.78, 5) is 12.0. The van der Waals surface area contributed by atoms with Gasteiger partial charge < -0.3 is 15.2 Å². The summed E-state index contributed by atoms with van der Waals surface area (Å²) in [5.41, 5.74) is 2.65. The van der Waals surface area contributed by atoms with E-state index < -0.39 is 6.10 Å². The molecule has 1 atom stereocenters. The van der Waals surface area contributed by atoms with Crippen molar-refractivity contribution in [3.63, 3.8) is 0 Å². The van der Waals surface area contributed by atoms with Gasteiger partial charge in [0.2, 0.25) is 5.91 Å². The largest absolute Gasteiger partial charge is 0.496 e. The number of nitrogens with one attached hydrogen (secondary N) is 1. The molecule has 0 radical (unpaired) electrons. The number of aryl methyl sites for hydroxylation is 1. The molecule has 0 fully saturated rings. The van der Waals surface area contributed by atoms with Gasteiger partial charge in [-0.2, -0.15) is 0 Å². The van der Waals surface area contributed by atoms with Crippen LogP contribution in [0.1, 0.15) is 29.2 Å². The fourth-order valence-corrected chi connectivity index (χ4v) is 2.37. The van der Waals surface area contributed by atoms with Crippen LogP contribution in [0.2, 0.25) is 5.02 Å². The van der Waals surface area contributed by atoms with E-state index >= 15 is 0 Å². The second-order valence-electron chi connectivity index (χ2n) is 5.36. The zero-order valence-electron chi connectivity index (χ0n) is 13.2. The lowest BCUT2D eigenvalue weighted by Gasteiger charge is -2.13. The topological polar surface area (TPSA) is 58.6 Å². The Morgan fingerprint density at radius 3 is 2.61 bits per heavy atom. The van der Waals surface area contributed by atoms with Gasteiger partial charge in [-0.25, -0.2) is 0 Å². The monoisotopic (exact) mass is 333 g/mol. The van der Waals surface area contributed by atoms with Gasteiger partial charge in [-0.15, -0.1) is 0 Å². The predicted octanol–water partition coefficient (Wildman–Crippen LogP) is 3.40. The highest BCUT2D eigenvalue weighted by Gasteiger charge is 2.13. The van der Waals surface area contributed by atoms with E-state index in [4.69, 9.17) is 16.3 Å². The van der Waals surface area contributed by atoms with Crippen LogP contribution in [-0.2, 0) is 11.3 Å². The Morgan fingerprint density at radius 2 is 1.96 bits per heavy atom. The van der Waals surface area contributed by atoms with Crippen LogP contribution in [0.15, 0.2) is 42.5 Å². The maximum Gasteiger partial charge on any atom is 0.223 e. The molecule has 1 amide bonds. The number of carbonyl (C=O) groups excluding carboxylic acids is 1. The zero-order chi connectivity index (χ0) is 16.8. The number of aliphatic hydroxyl groups excluding tert-OH is 1. The average Bonchev–Trinajstić information content (AvgIpc) is 2.54. The number of carbonyl (C=O) groups is 1. The molecule has 5 heteroatoms. The molecule has 0 aliphatic rings. The first-order valence-electron chi connectivity index (χ1n) is 7.33. The molecule has 2 N–H and O–H groups in total. The highest BCUT2D eigenvalue weighted by atomic mass is 35.5. The Balaban J connectivity index is 1.91. The standard InChI is InChI=1S/C18H20ClNO3/c1-12-3-4-14(17(9-12)23-2)11-20-18(22)10-16(21)13-5-7-15(19)8-6-13/h3-9,16,21H,10-11H2,1-2H3,(H,20,22). The third kappa shape index (κ3) is 4.98. The molecular formula is C18H20ClNO3. The quantitative estimate of drug-likeness (QED) is 0.851. The lowest BCUT2D eigenvalue weighted by Crippen LogP contribution is -2.24. The number of amides is 1. The molecule has 0 spiro atoms. The summed E-state index contributed by atoms with van der Waals surface area (Å²) < 4.78 is 5.31. The van der Waals surface area contributed by atoms with Gasteiger partial charge in [-0.05, 0) is 36.2 Å². The normalized spacial score (nSPS) is 11.8. The minimum atomic E-state index is -0.854. The van der Waals surface area contributed by atoms with Crippen molar-refractivity contribution in [3.8, 4) is 5.75 Å². The first-order chi connectivity index (χ1) is 11.0. The molecule has 122 valence electrons. The highest BCUT2D eigenvalue weighted by molar-refractivity contribution is 6.30. The Hall–Kier alpha value is -2.04. The van der Waals surface area contributed by atoms with E-state index in [1.165, 1.54) is 0 Å². The fourth-order valence-electron chi connectivity index (χ4n) is 2.24. The van der Waals surface area contributed by atoms with Crippen LogP contribution < -0.4 is 10.1 Å². The van der Waals surface area contributed by atoms with Crippen molar-refractivity contribution in [2.24, 2.45) is 0 Å². The molecule has 0 saturated heterocycles. The molecule has 0 aromatic heterocycles. The number of methoxy groups -OCH3 is 1. The van der Waals surface area contributed by atoms with Crippen molar-refractivity contribution in [1.29, 1.82) is 0 Å². The molecule has 0 aliphatic carbocycles. The van der Waals surface area contributed by atoms with Gasteiger partial charge in [0.25, 0.3) is 0 Å². The SMILES string of the molecule is COc1cc(C)ccc1CNC(=O)CC(O)c1ccc(Cl)cc1. The number of ether oxygens (including phenoxy) is 1. The molecule has 23 heavy (non-hydrogen) atoms. The van der Waals surface area contributed by atoms with Gasteiger partial charge in [-0.3, -0.25) is 4.79 Å². The van der Waals surface area contributed by atoms with Gasteiger partial charge in [0.15, 0.2) is 0 Å². The summed E-state index contributed by atoms with van der Waals surface area (Å²) in [7, 11) is 1.60. The van der Waals surface area contributed by atoms with E-state index in [0.29, 0.717) is 17.1 Å². The van der Waals surface area contributed by atoms with Gasteiger partial charge in [0.1, 0.15) is 5.75 Å². The molecule has 4 nitrogen and oxygen atoms in total. The number of halogens is 1.